The Morgan fingerprint density at radius 3 is 2.75 bits per heavy atom. The average molecular weight is 387 g/mol. The molecule has 0 aromatic heterocycles. The molecule has 1 aromatic carbocycles. The maximum Gasteiger partial charge on any atom is 0.336 e. The van der Waals surface area contributed by atoms with Gasteiger partial charge in [-0.2, -0.15) is 0 Å². The summed E-state index contributed by atoms with van der Waals surface area (Å²) in [6.07, 6.45) is 1.96. The molecule has 1 aliphatic carbocycles. The molecule has 0 unspecified atom stereocenters. The zero-order valence-electron chi connectivity index (χ0n) is 16.3. The number of Topliss-reactive ketones (excluding diaryl/α,β-unsaturated/α-hetero) is 1. The number of hydrogen-bond donors (Lipinski definition) is 2. The van der Waals surface area contributed by atoms with Crippen molar-refractivity contribution in [1.82, 2.24) is 5.32 Å². The van der Waals surface area contributed by atoms with E-state index in [-0.39, 0.29) is 30.5 Å². The van der Waals surface area contributed by atoms with E-state index in [2.05, 4.69) is 5.32 Å². The largest absolute Gasteiger partial charge is 0.504 e. The number of carbonyl (C=O) groups is 2. The summed E-state index contributed by atoms with van der Waals surface area (Å²) in [4.78, 5) is 25.7. The van der Waals surface area contributed by atoms with Crippen LogP contribution in [0.3, 0.4) is 0 Å². The van der Waals surface area contributed by atoms with Crippen molar-refractivity contribution in [1.29, 1.82) is 0 Å². The molecule has 2 aliphatic rings. The van der Waals surface area contributed by atoms with E-state index in [4.69, 9.17) is 14.2 Å². The Labute approximate surface area is 164 Å². The SMILES string of the molecule is COCCOC(=O)C1=C(C)NC2=C(C(=O)CCC2)[C@@H]1c1ccc(O)c(OC)c1. The number of benzene rings is 1. The van der Waals surface area contributed by atoms with Crippen LogP contribution in [0.4, 0.5) is 0 Å². The topological polar surface area (TPSA) is 94.1 Å². The Bertz CT molecular complexity index is 854. The van der Waals surface area contributed by atoms with Crippen LogP contribution in [0.25, 0.3) is 0 Å². The van der Waals surface area contributed by atoms with Gasteiger partial charge in [-0.3, -0.25) is 4.79 Å². The molecular formula is C21H25NO6. The van der Waals surface area contributed by atoms with Crippen molar-refractivity contribution in [3.8, 4) is 11.5 Å². The molecule has 150 valence electrons. The standard InChI is InChI=1S/C21H25NO6/c1-12-18(21(25)28-10-9-26-2)19(13-7-8-15(23)17(11-13)27-3)20-14(22-12)5-4-6-16(20)24/h7-8,11,19,22-23H,4-6,9-10H2,1-3H3/t19-/m1/s1. The molecule has 1 heterocycles. The van der Waals surface area contributed by atoms with Gasteiger partial charge in [-0.1, -0.05) is 6.07 Å². The number of carbonyl (C=O) groups excluding carboxylic acids is 2. The summed E-state index contributed by atoms with van der Waals surface area (Å²) in [7, 11) is 2.99. The van der Waals surface area contributed by atoms with Crippen LogP contribution in [0.1, 0.15) is 37.7 Å². The first-order valence-electron chi connectivity index (χ1n) is 9.25. The minimum absolute atomic E-state index is 0.00530. The number of ketones is 1. The van der Waals surface area contributed by atoms with Gasteiger partial charge in [0.15, 0.2) is 17.3 Å². The third-order valence-electron chi connectivity index (χ3n) is 5.05. The first-order chi connectivity index (χ1) is 13.5. The van der Waals surface area contributed by atoms with Gasteiger partial charge in [-0.25, -0.2) is 4.79 Å². The quantitative estimate of drug-likeness (QED) is 0.572. The Hall–Kier alpha value is -2.80. The summed E-state index contributed by atoms with van der Waals surface area (Å²) in [5.74, 6) is -0.779. The summed E-state index contributed by atoms with van der Waals surface area (Å²) in [6, 6.07) is 4.87. The molecule has 0 fully saturated rings. The lowest BCUT2D eigenvalue weighted by atomic mass is 9.75. The van der Waals surface area contributed by atoms with Gasteiger partial charge < -0.3 is 24.6 Å². The van der Waals surface area contributed by atoms with Crippen molar-refractivity contribution >= 4 is 11.8 Å². The molecule has 2 N–H and O–H groups in total. The van der Waals surface area contributed by atoms with Crippen molar-refractivity contribution in [2.24, 2.45) is 0 Å². The molecule has 7 nitrogen and oxygen atoms in total. The number of phenols is 1. The second-order valence-electron chi connectivity index (χ2n) is 6.83. The average Bonchev–Trinajstić information content (AvgIpc) is 2.67. The number of aromatic hydroxyl groups is 1. The fraction of sp³-hybridized carbons (Fsp3) is 0.429. The van der Waals surface area contributed by atoms with Crippen molar-refractivity contribution in [3.63, 3.8) is 0 Å². The second kappa shape index (κ2) is 8.48. The number of hydrogen-bond acceptors (Lipinski definition) is 7. The lowest BCUT2D eigenvalue weighted by Gasteiger charge is -2.34. The van der Waals surface area contributed by atoms with E-state index in [1.807, 2.05) is 0 Å². The highest BCUT2D eigenvalue weighted by molar-refractivity contribution is 6.03. The first kappa shape index (κ1) is 19.9. The summed E-state index contributed by atoms with van der Waals surface area (Å²) in [5.41, 5.74) is 3.17. The number of methoxy groups -OCH3 is 2. The van der Waals surface area contributed by atoms with Crippen LogP contribution in [0.2, 0.25) is 0 Å². The Kier molecular flexibility index (Phi) is 6.04. The predicted molar refractivity (Wildman–Crippen MR) is 102 cm³/mol. The van der Waals surface area contributed by atoms with E-state index >= 15 is 0 Å². The molecule has 0 saturated carbocycles. The Balaban J connectivity index is 2.09. The van der Waals surface area contributed by atoms with Crippen LogP contribution < -0.4 is 10.1 Å². The van der Waals surface area contributed by atoms with Crippen molar-refractivity contribution < 1.29 is 28.9 Å². The van der Waals surface area contributed by atoms with Crippen LogP contribution in [-0.2, 0) is 19.1 Å². The predicted octanol–water partition coefficient (Wildman–Crippen LogP) is 2.56. The summed E-state index contributed by atoms with van der Waals surface area (Å²) in [5, 5.41) is 13.2. The Morgan fingerprint density at radius 2 is 2.04 bits per heavy atom. The fourth-order valence-corrected chi connectivity index (χ4v) is 3.76. The lowest BCUT2D eigenvalue weighted by molar-refractivity contribution is -0.140. The van der Waals surface area contributed by atoms with Crippen molar-refractivity contribution in [2.75, 3.05) is 27.4 Å². The zero-order chi connectivity index (χ0) is 20.3. The number of nitrogens with one attached hydrogen (secondary N) is 1. The third-order valence-corrected chi connectivity index (χ3v) is 5.05. The highest BCUT2D eigenvalue weighted by atomic mass is 16.6. The van der Waals surface area contributed by atoms with Crippen LogP contribution in [0.5, 0.6) is 11.5 Å². The summed E-state index contributed by atoms with van der Waals surface area (Å²) < 4.78 is 15.5. The van der Waals surface area contributed by atoms with Crippen LogP contribution >= 0.6 is 0 Å². The van der Waals surface area contributed by atoms with Crippen LogP contribution in [0.15, 0.2) is 40.7 Å². The summed E-state index contributed by atoms with van der Waals surface area (Å²) >= 11 is 0. The third kappa shape index (κ3) is 3.75. The van der Waals surface area contributed by atoms with Gasteiger partial charge in [0, 0.05) is 36.4 Å². The molecule has 7 heteroatoms. The van der Waals surface area contributed by atoms with E-state index in [1.54, 1.807) is 19.1 Å². The molecule has 0 amide bonds. The number of allylic oxidation sites excluding steroid dienone is 3. The maximum absolute atomic E-state index is 12.9. The van der Waals surface area contributed by atoms with Crippen LogP contribution in [0, 0.1) is 0 Å². The second-order valence-corrected chi connectivity index (χ2v) is 6.83. The van der Waals surface area contributed by atoms with Gasteiger partial charge in [-0.15, -0.1) is 0 Å². The number of rotatable bonds is 6. The van der Waals surface area contributed by atoms with Gasteiger partial charge in [0.2, 0.25) is 0 Å². The first-order valence-corrected chi connectivity index (χ1v) is 9.25. The van der Waals surface area contributed by atoms with Gasteiger partial charge in [0.1, 0.15) is 6.61 Å². The molecule has 0 spiro atoms. The fourth-order valence-electron chi connectivity index (χ4n) is 3.76. The minimum atomic E-state index is -0.575. The van der Waals surface area contributed by atoms with E-state index in [9.17, 15) is 14.7 Å². The molecule has 0 saturated heterocycles. The normalized spacial score (nSPS) is 19.2. The lowest BCUT2D eigenvalue weighted by Crippen LogP contribution is -2.34. The monoisotopic (exact) mass is 387 g/mol. The molecule has 0 bridgehead atoms. The highest BCUT2D eigenvalue weighted by Gasteiger charge is 2.39. The van der Waals surface area contributed by atoms with Gasteiger partial charge in [-0.05, 0) is 37.5 Å². The van der Waals surface area contributed by atoms with Gasteiger partial charge in [0.25, 0.3) is 0 Å². The maximum atomic E-state index is 12.9. The van der Waals surface area contributed by atoms with Gasteiger partial charge >= 0.3 is 5.97 Å². The van der Waals surface area contributed by atoms with Crippen LogP contribution in [-0.4, -0.2) is 44.3 Å². The van der Waals surface area contributed by atoms with E-state index in [0.29, 0.717) is 28.8 Å². The zero-order valence-corrected chi connectivity index (χ0v) is 16.3. The number of dihydropyridines is 1. The number of esters is 1. The molecule has 1 aliphatic heterocycles. The number of phenolic OH excluding ortho intramolecular Hbond substituents is 1. The summed E-state index contributed by atoms with van der Waals surface area (Å²) in [6.45, 7) is 2.22. The highest BCUT2D eigenvalue weighted by Crippen LogP contribution is 2.44. The molecule has 1 aromatic rings. The molecular weight excluding hydrogens is 362 g/mol. The minimum Gasteiger partial charge on any atom is -0.504 e. The van der Waals surface area contributed by atoms with Crippen molar-refractivity contribution in [3.05, 3.63) is 46.3 Å². The van der Waals surface area contributed by atoms with E-state index in [1.165, 1.54) is 20.3 Å². The van der Waals surface area contributed by atoms with E-state index < -0.39 is 11.9 Å². The Morgan fingerprint density at radius 1 is 1.25 bits per heavy atom. The van der Waals surface area contributed by atoms with Crippen molar-refractivity contribution in [2.45, 2.75) is 32.1 Å². The smallest absolute Gasteiger partial charge is 0.336 e. The van der Waals surface area contributed by atoms with E-state index in [0.717, 1.165) is 18.5 Å². The molecule has 28 heavy (non-hydrogen) atoms. The molecule has 1 atom stereocenters. The van der Waals surface area contributed by atoms with Gasteiger partial charge in [0.05, 0.1) is 19.3 Å². The molecule has 0 radical (unpaired) electrons. The number of ether oxygens (including phenoxy) is 3. The molecule has 3 rings (SSSR count).